The van der Waals surface area contributed by atoms with Crippen molar-refractivity contribution in [2.45, 2.75) is 30.7 Å². The van der Waals surface area contributed by atoms with Crippen molar-refractivity contribution in [3.63, 3.8) is 0 Å². The second-order valence-corrected chi connectivity index (χ2v) is 5.84. The Hall–Kier alpha value is -2.39. The van der Waals surface area contributed by atoms with Crippen molar-refractivity contribution in [1.29, 1.82) is 0 Å². The molecule has 0 saturated carbocycles. The smallest absolute Gasteiger partial charge is 0.338 e. The zero-order valence-electron chi connectivity index (χ0n) is 13.3. The third-order valence-corrected chi connectivity index (χ3v) is 4.09. The summed E-state index contributed by atoms with van der Waals surface area (Å²) in [5.41, 5.74) is 0.187. The van der Waals surface area contributed by atoms with E-state index in [1.54, 1.807) is 18.2 Å². The number of hydrogen-bond acceptors (Lipinski definition) is 6. The Balaban J connectivity index is 1.93. The SMILES string of the molecule is O=C(O[C@H](c1ccc(F)c(F)c1)[C@H]1OC(O)[C@H](O)[C@@H]1O)c1ccccc1. The number of esters is 1. The number of ether oxygens (including phenoxy) is 2. The van der Waals surface area contributed by atoms with Gasteiger partial charge in [0, 0.05) is 0 Å². The molecule has 3 N–H and O–H groups in total. The van der Waals surface area contributed by atoms with Crippen molar-refractivity contribution < 1.29 is 38.4 Å². The third-order valence-electron chi connectivity index (χ3n) is 4.09. The van der Waals surface area contributed by atoms with Gasteiger partial charge in [-0.2, -0.15) is 0 Å². The molecule has 8 heteroatoms. The summed E-state index contributed by atoms with van der Waals surface area (Å²) in [6, 6.07) is 10.7. The third kappa shape index (κ3) is 3.58. The molecule has 26 heavy (non-hydrogen) atoms. The first-order chi connectivity index (χ1) is 12.4. The molecule has 138 valence electrons. The van der Waals surface area contributed by atoms with E-state index in [1.807, 2.05) is 0 Å². The van der Waals surface area contributed by atoms with Crippen LogP contribution in [0, 0.1) is 11.6 Å². The van der Waals surface area contributed by atoms with Crippen LogP contribution in [-0.4, -0.2) is 45.9 Å². The first-order valence-corrected chi connectivity index (χ1v) is 7.79. The van der Waals surface area contributed by atoms with Gasteiger partial charge in [0.05, 0.1) is 5.56 Å². The minimum atomic E-state index is -1.71. The second-order valence-electron chi connectivity index (χ2n) is 5.84. The molecule has 0 amide bonds. The molecular formula is C18H16F2O6. The number of aliphatic hydroxyl groups is 3. The van der Waals surface area contributed by atoms with Crippen LogP contribution in [0.1, 0.15) is 22.0 Å². The van der Waals surface area contributed by atoms with E-state index in [9.17, 15) is 28.9 Å². The largest absolute Gasteiger partial charge is 0.451 e. The molecule has 1 fully saturated rings. The van der Waals surface area contributed by atoms with E-state index in [4.69, 9.17) is 9.47 Å². The molecule has 1 aliphatic rings. The molecule has 2 aromatic rings. The topological polar surface area (TPSA) is 96.2 Å². The summed E-state index contributed by atoms with van der Waals surface area (Å²) in [5, 5.41) is 29.3. The van der Waals surface area contributed by atoms with Gasteiger partial charge in [0.15, 0.2) is 24.0 Å². The maximum atomic E-state index is 13.6. The van der Waals surface area contributed by atoms with Crippen LogP contribution in [0.4, 0.5) is 8.78 Å². The molecule has 0 bridgehead atoms. The van der Waals surface area contributed by atoms with Crippen LogP contribution in [0.3, 0.4) is 0 Å². The summed E-state index contributed by atoms with van der Waals surface area (Å²) in [4.78, 5) is 12.4. The quantitative estimate of drug-likeness (QED) is 0.706. The Kier molecular flexibility index (Phi) is 5.28. The first kappa shape index (κ1) is 18.4. The van der Waals surface area contributed by atoms with Gasteiger partial charge < -0.3 is 24.8 Å². The molecule has 1 aliphatic heterocycles. The summed E-state index contributed by atoms with van der Waals surface area (Å²) in [7, 11) is 0. The molecule has 1 unspecified atom stereocenters. The van der Waals surface area contributed by atoms with Gasteiger partial charge in [0.1, 0.15) is 18.3 Å². The Morgan fingerprint density at radius 3 is 2.27 bits per heavy atom. The summed E-state index contributed by atoms with van der Waals surface area (Å²) in [5.74, 6) is -3.08. The number of aliphatic hydroxyl groups excluding tert-OH is 3. The molecule has 2 aromatic carbocycles. The fraction of sp³-hybridized carbons (Fsp3) is 0.278. The number of benzene rings is 2. The number of hydrogen-bond donors (Lipinski definition) is 3. The van der Waals surface area contributed by atoms with E-state index in [0.29, 0.717) is 0 Å². The van der Waals surface area contributed by atoms with E-state index < -0.39 is 48.3 Å². The molecule has 0 aromatic heterocycles. The lowest BCUT2D eigenvalue weighted by Gasteiger charge is -2.26. The van der Waals surface area contributed by atoms with Crippen molar-refractivity contribution in [3.8, 4) is 0 Å². The summed E-state index contributed by atoms with van der Waals surface area (Å²) >= 11 is 0. The highest BCUT2D eigenvalue weighted by Gasteiger charge is 2.47. The Labute approximate surface area is 147 Å². The highest BCUT2D eigenvalue weighted by atomic mass is 19.2. The number of carbonyl (C=O) groups is 1. The molecular weight excluding hydrogens is 350 g/mol. The molecule has 1 heterocycles. The van der Waals surface area contributed by atoms with Crippen LogP contribution < -0.4 is 0 Å². The van der Waals surface area contributed by atoms with Crippen molar-refractivity contribution in [1.82, 2.24) is 0 Å². The van der Waals surface area contributed by atoms with Crippen LogP contribution >= 0.6 is 0 Å². The number of carbonyl (C=O) groups excluding carboxylic acids is 1. The predicted octanol–water partition coefficient (Wildman–Crippen LogP) is 1.30. The van der Waals surface area contributed by atoms with Gasteiger partial charge >= 0.3 is 5.97 Å². The lowest BCUT2D eigenvalue weighted by atomic mass is 9.98. The zero-order valence-corrected chi connectivity index (χ0v) is 13.3. The lowest BCUT2D eigenvalue weighted by molar-refractivity contribution is -0.148. The Morgan fingerprint density at radius 2 is 1.69 bits per heavy atom. The zero-order chi connectivity index (χ0) is 18.8. The van der Waals surface area contributed by atoms with Gasteiger partial charge in [-0.25, -0.2) is 13.6 Å². The van der Waals surface area contributed by atoms with Gasteiger partial charge in [0.2, 0.25) is 0 Å². The van der Waals surface area contributed by atoms with Gasteiger partial charge in [-0.15, -0.1) is 0 Å². The Morgan fingerprint density at radius 1 is 1.00 bits per heavy atom. The van der Waals surface area contributed by atoms with E-state index >= 15 is 0 Å². The van der Waals surface area contributed by atoms with Gasteiger partial charge in [-0.1, -0.05) is 24.3 Å². The molecule has 0 aliphatic carbocycles. The van der Waals surface area contributed by atoms with E-state index in [2.05, 4.69) is 0 Å². The standard InChI is InChI=1S/C18H16F2O6/c19-11-7-6-10(8-12(11)20)15(16-13(21)14(22)18(24)26-16)25-17(23)9-4-2-1-3-5-9/h1-8,13-16,18,21-22,24H/t13-,14+,15+,16-,18?/m0/s1. The van der Waals surface area contributed by atoms with Gasteiger partial charge in [-0.3, -0.25) is 0 Å². The minimum absolute atomic E-state index is 0.00136. The summed E-state index contributed by atoms with van der Waals surface area (Å²) in [6.45, 7) is 0. The van der Waals surface area contributed by atoms with Crippen molar-refractivity contribution in [3.05, 3.63) is 71.3 Å². The van der Waals surface area contributed by atoms with Crippen molar-refractivity contribution >= 4 is 5.97 Å². The van der Waals surface area contributed by atoms with Crippen LogP contribution in [0.25, 0.3) is 0 Å². The van der Waals surface area contributed by atoms with Crippen LogP contribution in [0.5, 0.6) is 0 Å². The highest BCUT2D eigenvalue weighted by molar-refractivity contribution is 5.89. The second kappa shape index (κ2) is 7.46. The maximum absolute atomic E-state index is 13.6. The molecule has 0 spiro atoms. The number of halogens is 2. The lowest BCUT2D eigenvalue weighted by Crippen LogP contribution is -2.37. The van der Waals surface area contributed by atoms with Crippen molar-refractivity contribution in [2.75, 3.05) is 0 Å². The van der Waals surface area contributed by atoms with E-state index in [0.717, 1.165) is 18.2 Å². The average molecular weight is 366 g/mol. The fourth-order valence-electron chi connectivity index (χ4n) is 2.71. The number of rotatable bonds is 4. The fourth-order valence-corrected chi connectivity index (χ4v) is 2.71. The molecule has 6 nitrogen and oxygen atoms in total. The monoisotopic (exact) mass is 366 g/mol. The highest BCUT2D eigenvalue weighted by Crippen LogP contribution is 2.34. The van der Waals surface area contributed by atoms with Crippen LogP contribution in [0.15, 0.2) is 48.5 Å². The minimum Gasteiger partial charge on any atom is -0.451 e. The van der Waals surface area contributed by atoms with Crippen LogP contribution in [0.2, 0.25) is 0 Å². The maximum Gasteiger partial charge on any atom is 0.338 e. The summed E-state index contributed by atoms with van der Waals surface area (Å²) in [6.07, 6.45) is -7.72. The normalized spacial score (nSPS) is 26.5. The van der Waals surface area contributed by atoms with Crippen molar-refractivity contribution in [2.24, 2.45) is 0 Å². The molecule has 3 rings (SSSR count). The molecule has 5 atom stereocenters. The van der Waals surface area contributed by atoms with Crippen LogP contribution in [-0.2, 0) is 9.47 Å². The molecule has 1 saturated heterocycles. The summed E-state index contributed by atoms with van der Waals surface area (Å²) < 4.78 is 37.2. The van der Waals surface area contributed by atoms with E-state index in [1.165, 1.54) is 12.1 Å². The predicted molar refractivity (Wildman–Crippen MR) is 83.8 cm³/mol. The van der Waals surface area contributed by atoms with E-state index in [-0.39, 0.29) is 11.1 Å². The Bertz CT molecular complexity index is 785. The average Bonchev–Trinajstić information content (AvgIpc) is 2.90. The first-order valence-electron chi connectivity index (χ1n) is 7.79. The molecule has 0 radical (unpaired) electrons. The van der Waals surface area contributed by atoms with Gasteiger partial charge in [-0.05, 0) is 29.8 Å². The van der Waals surface area contributed by atoms with Gasteiger partial charge in [0.25, 0.3) is 0 Å².